The van der Waals surface area contributed by atoms with Crippen molar-refractivity contribution in [3.05, 3.63) is 127 Å². The normalized spacial score (nSPS) is 12.2. The van der Waals surface area contributed by atoms with E-state index >= 15 is 0 Å². The number of rotatable bonds is 10. The Hall–Kier alpha value is -4.64. The second-order valence-electron chi connectivity index (χ2n) is 10.6. The summed E-state index contributed by atoms with van der Waals surface area (Å²) >= 11 is 8.42. The molecule has 1 aromatic heterocycles. The monoisotopic (exact) mass is 636 g/mol. The molecule has 0 saturated heterocycles. The Bertz CT molecular complexity index is 1860. The van der Waals surface area contributed by atoms with Crippen molar-refractivity contribution in [2.45, 2.75) is 6.16 Å². The number of halogens is 1. The predicted molar refractivity (Wildman–Crippen MR) is 186 cm³/mol. The first-order valence-electron chi connectivity index (χ1n) is 14.5. The molecule has 0 aliphatic carbocycles. The van der Waals surface area contributed by atoms with Gasteiger partial charge in [0.1, 0.15) is 0 Å². The minimum absolute atomic E-state index is 0.371. The quantitative estimate of drug-likeness (QED) is 0.145. The Morgan fingerprint density at radius 3 is 1.49 bits per heavy atom. The number of hydrogen-bond donors (Lipinski definition) is 0. The Morgan fingerprint density at radius 1 is 0.533 bits per heavy atom. The minimum atomic E-state index is -3.73. The van der Waals surface area contributed by atoms with Crippen LogP contribution in [0.4, 0.5) is 0 Å². The third kappa shape index (κ3) is 5.24. The molecule has 0 aliphatic heterocycles. The SMILES string of the molecule is COc1ccc(-c2nc(CP(Cl)(c3ccccc3)(c3ccccc3)c3ccccc3)nc3cc(OC)c(OC)cc23)cc1OC. The molecule has 45 heavy (non-hydrogen) atoms. The number of nitrogens with zero attached hydrogens (tertiary/aromatic N) is 2. The molecule has 0 N–H and O–H groups in total. The van der Waals surface area contributed by atoms with Crippen LogP contribution in [-0.4, -0.2) is 38.4 Å². The molecule has 6 aromatic rings. The summed E-state index contributed by atoms with van der Waals surface area (Å²) in [6, 6.07) is 40.6. The number of methoxy groups -OCH3 is 4. The number of hydrogen-bond acceptors (Lipinski definition) is 6. The summed E-state index contributed by atoms with van der Waals surface area (Å²) < 4.78 is 22.6. The molecule has 0 spiro atoms. The Labute approximate surface area is 268 Å². The summed E-state index contributed by atoms with van der Waals surface area (Å²) in [4.78, 5) is 10.5. The van der Waals surface area contributed by atoms with E-state index in [1.165, 1.54) is 0 Å². The molecule has 6 nitrogen and oxygen atoms in total. The molecule has 0 fully saturated rings. The average Bonchev–Trinajstić information content (AvgIpc) is 3.11. The molecule has 228 valence electrons. The molecule has 0 unspecified atom stereocenters. The number of benzene rings is 5. The average molecular weight is 637 g/mol. The maximum atomic E-state index is 8.42. The van der Waals surface area contributed by atoms with Gasteiger partial charge >= 0.3 is 269 Å². The summed E-state index contributed by atoms with van der Waals surface area (Å²) in [5, 5.41) is 3.90. The van der Waals surface area contributed by atoms with Gasteiger partial charge in [0.2, 0.25) is 0 Å². The Kier molecular flexibility index (Phi) is 8.37. The van der Waals surface area contributed by atoms with Crippen LogP contribution in [0.15, 0.2) is 121 Å². The molecule has 0 radical (unpaired) electrons. The van der Waals surface area contributed by atoms with E-state index < -0.39 is 5.96 Å². The van der Waals surface area contributed by atoms with Gasteiger partial charge in [-0.1, -0.05) is 0 Å². The van der Waals surface area contributed by atoms with E-state index in [-0.39, 0.29) is 0 Å². The van der Waals surface area contributed by atoms with Crippen molar-refractivity contribution in [1.82, 2.24) is 9.97 Å². The van der Waals surface area contributed by atoms with Gasteiger partial charge in [-0.2, -0.15) is 0 Å². The summed E-state index contributed by atoms with van der Waals surface area (Å²) in [5.41, 5.74) is 2.26. The van der Waals surface area contributed by atoms with Crippen LogP contribution in [0.25, 0.3) is 22.2 Å². The molecular weight excluding hydrogens is 603 g/mol. The standard InChI is InChI=1S/C37H34ClN2O4P/c1-41-32-21-20-26(22-33(32)42-2)37-30-23-34(43-3)35(44-4)24-31(30)39-36(40-37)25-45(38,27-14-8-5-9-15-27,28-16-10-6-11-17-28)29-18-12-7-13-19-29/h5-24H,25H2,1-4H3. The predicted octanol–water partition coefficient (Wildman–Crippen LogP) is 7.51. The van der Waals surface area contributed by atoms with E-state index in [0.717, 1.165) is 26.9 Å². The van der Waals surface area contributed by atoms with E-state index in [2.05, 4.69) is 36.4 Å². The first-order valence-corrected chi connectivity index (χ1v) is 17.8. The summed E-state index contributed by atoms with van der Waals surface area (Å²) in [5.74, 6) is -0.751. The molecule has 1 heterocycles. The third-order valence-electron chi connectivity index (χ3n) is 8.23. The molecule has 0 bridgehead atoms. The summed E-state index contributed by atoms with van der Waals surface area (Å²) in [7, 11) is 6.47. The van der Waals surface area contributed by atoms with Gasteiger partial charge in [0, 0.05) is 0 Å². The fraction of sp³-hybridized carbons (Fsp3) is 0.135. The second kappa shape index (κ2) is 12.4. The van der Waals surface area contributed by atoms with Crippen molar-refractivity contribution in [1.29, 1.82) is 0 Å². The van der Waals surface area contributed by atoms with Gasteiger partial charge in [0.25, 0.3) is 0 Å². The van der Waals surface area contributed by atoms with Crippen LogP contribution in [0.5, 0.6) is 23.0 Å². The van der Waals surface area contributed by atoms with Gasteiger partial charge in [-0.15, -0.1) is 0 Å². The Morgan fingerprint density at radius 2 is 1.00 bits per heavy atom. The zero-order valence-corrected chi connectivity index (χ0v) is 27.3. The van der Waals surface area contributed by atoms with Crippen molar-refractivity contribution in [2.24, 2.45) is 0 Å². The fourth-order valence-electron chi connectivity index (χ4n) is 5.98. The summed E-state index contributed by atoms with van der Waals surface area (Å²) in [6.45, 7) is 0. The zero-order valence-electron chi connectivity index (χ0n) is 25.6. The van der Waals surface area contributed by atoms with Gasteiger partial charge in [-0.05, 0) is 0 Å². The van der Waals surface area contributed by atoms with Crippen molar-refractivity contribution < 1.29 is 18.9 Å². The van der Waals surface area contributed by atoms with Crippen LogP contribution in [0, 0.1) is 0 Å². The number of fused-ring (bicyclic) bond motifs is 1. The molecular formula is C37H34ClN2O4P. The van der Waals surface area contributed by atoms with Gasteiger partial charge in [0.05, 0.1) is 0 Å². The van der Waals surface area contributed by atoms with Gasteiger partial charge in [0.15, 0.2) is 0 Å². The van der Waals surface area contributed by atoms with Crippen LogP contribution < -0.4 is 34.9 Å². The van der Waals surface area contributed by atoms with Crippen LogP contribution in [-0.2, 0) is 6.16 Å². The molecule has 0 atom stereocenters. The number of ether oxygens (including phenoxy) is 4. The van der Waals surface area contributed by atoms with Crippen molar-refractivity contribution in [2.75, 3.05) is 28.4 Å². The van der Waals surface area contributed by atoms with E-state index in [1.54, 1.807) is 28.4 Å². The van der Waals surface area contributed by atoms with Gasteiger partial charge in [-0.3, -0.25) is 0 Å². The molecule has 0 saturated carbocycles. The first-order chi connectivity index (χ1) is 21.9. The van der Waals surface area contributed by atoms with Crippen LogP contribution in [0.2, 0.25) is 0 Å². The van der Waals surface area contributed by atoms with Crippen molar-refractivity contribution in [3.8, 4) is 34.3 Å². The van der Waals surface area contributed by atoms with E-state index in [9.17, 15) is 0 Å². The molecule has 0 amide bonds. The third-order valence-corrected chi connectivity index (χ3v) is 15.3. The molecule has 6 rings (SSSR count). The first kappa shape index (κ1) is 30.4. The van der Waals surface area contributed by atoms with Gasteiger partial charge in [-0.25, -0.2) is 0 Å². The van der Waals surface area contributed by atoms with Gasteiger partial charge < -0.3 is 0 Å². The van der Waals surface area contributed by atoms with E-state index in [4.69, 9.17) is 40.2 Å². The Balaban J connectivity index is 1.69. The van der Waals surface area contributed by atoms with Crippen LogP contribution >= 0.6 is 17.2 Å². The molecule has 0 aliphatic rings. The molecule has 8 heteroatoms. The van der Waals surface area contributed by atoms with Crippen LogP contribution in [0.3, 0.4) is 0 Å². The fourth-order valence-corrected chi connectivity index (χ4v) is 11.8. The van der Waals surface area contributed by atoms with Crippen molar-refractivity contribution in [3.63, 3.8) is 0 Å². The zero-order chi connectivity index (χ0) is 31.5. The van der Waals surface area contributed by atoms with E-state index in [1.807, 2.05) is 84.9 Å². The van der Waals surface area contributed by atoms with E-state index in [0.29, 0.717) is 46.2 Å². The van der Waals surface area contributed by atoms with Crippen molar-refractivity contribution >= 4 is 44.0 Å². The van der Waals surface area contributed by atoms with Crippen LogP contribution in [0.1, 0.15) is 5.82 Å². The topological polar surface area (TPSA) is 62.7 Å². The molecule has 5 aromatic carbocycles. The second-order valence-corrected chi connectivity index (χ2v) is 17.1. The maximum absolute atomic E-state index is 8.42. The number of aromatic nitrogens is 2. The summed E-state index contributed by atoms with van der Waals surface area (Å²) in [6.07, 6.45) is 0.371.